The van der Waals surface area contributed by atoms with Crippen LogP contribution < -0.4 is 0 Å². The van der Waals surface area contributed by atoms with Crippen molar-refractivity contribution in [1.29, 1.82) is 0 Å². The number of imidazole rings is 1. The zero-order chi connectivity index (χ0) is 19.4. The van der Waals surface area contributed by atoms with Gasteiger partial charge in [0, 0.05) is 18.8 Å². The van der Waals surface area contributed by atoms with E-state index in [1.54, 1.807) is 21.6 Å². The molecule has 0 aliphatic carbocycles. The Hall–Kier alpha value is -2.35. The van der Waals surface area contributed by atoms with Crippen LogP contribution in [0.4, 0.5) is 4.39 Å². The summed E-state index contributed by atoms with van der Waals surface area (Å²) < 4.78 is 20.1. The number of rotatable bonds is 5. The summed E-state index contributed by atoms with van der Waals surface area (Å²) in [6, 6.07) is 5.76. The number of carbonyl (C=O) groups is 2. The second-order valence-corrected chi connectivity index (χ2v) is 7.38. The molecule has 1 aromatic heterocycles. The Morgan fingerprint density at radius 3 is 2.74 bits per heavy atom. The molecule has 3 rings (SSSR count). The van der Waals surface area contributed by atoms with Crippen molar-refractivity contribution in [3.05, 3.63) is 42.0 Å². The van der Waals surface area contributed by atoms with Gasteiger partial charge in [-0.1, -0.05) is 18.7 Å². The lowest BCUT2D eigenvalue weighted by atomic mass is 10.0. The molecule has 6 nitrogen and oxygen atoms in total. The maximum atomic E-state index is 13.2. The number of likely N-dealkylation sites (tertiary alicyclic amines) is 1. The summed E-state index contributed by atoms with van der Waals surface area (Å²) in [4.78, 5) is 30.8. The first-order valence-electron chi connectivity index (χ1n) is 8.82. The molecule has 144 valence electrons. The molecule has 0 radical (unpaired) electrons. The van der Waals surface area contributed by atoms with Crippen LogP contribution in [0.5, 0.6) is 0 Å². The van der Waals surface area contributed by atoms with Gasteiger partial charge in [0.1, 0.15) is 5.82 Å². The molecule has 0 N–H and O–H groups in total. The first-order chi connectivity index (χ1) is 13.0. The molecule has 0 spiro atoms. The number of hydrogen-bond acceptors (Lipinski definition) is 5. The van der Waals surface area contributed by atoms with Crippen LogP contribution >= 0.6 is 11.8 Å². The third kappa shape index (κ3) is 4.50. The van der Waals surface area contributed by atoms with Crippen LogP contribution in [0.2, 0.25) is 0 Å². The predicted molar refractivity (Wildman–Crippen MR) is 101 cm³/mol. The van der Waals surface area contributed by atoms with E-state index < -0.39 is 5.97 Å². The van der Waals surface area contributed by atoms with Gasteiger partial charge in [-0.15, -0.1) is 0 Å². The normalized spacial score (nSPS) is 17.0. The van der Waals surface area contributed by atoms with Crippen LogP contribution in [0.3, 0.4) is 0 Å². The standard InChI is InChI=1S/C19H22FN3O3S/c1-13-4-3-9-22(11-13)17(24)12-26-18(25)16-10-21-19(27-2)23(16)15-7-5-14(20)6-8-15/h5-8,10,13H,3-4,9,11-12H2,1-2H3. The van der Waals surface area contributed by atoms with E-state index in [0.717, 1.165) is 12.8 Å². The number of nitrogens with zero attached hydrogens (tertiary/aromatic N) is 3. The van der Waals surface area contributed by atoms with Gasteiger partial charge < -0.3 is 9.64 Å². The molecule has 1 aliphatic heterocycles. The highest BCUT2D eigenvalue weighted by atomic mass is 32.2. The van der Waals surface area contributed by atoms with Crippen LogP contribution in [0.25, 0.3) is 5.69 Å². The minimum absolute atomic E-state index is 0.187. The molecule has 0 bridgehead atoms. The van der Waals surface area contributed by atoms with Gasteiger partial charge in [0.05, 0.1) is 6.20 Å². The summed E-state index contributed by atoms with van der Waals surface area (Å²) >= 11 is 1.36. The fraction of sp³-hybridized carbons (Fsp3) is 0.421. The van der Waals surface area contributed by atoms with Crippen molar-refractivity contribution in [2.75, 3.05) is 26.0 Å². The van der Waals surface area contributed by atoms with Gasteiger partial charge in [0.2, 0.25) is 0 Å². The van der Waals surface area contributed by atoms with Gasteiger partial charge in [-0.05, 0) is 49.3 Å². The van der Waals surface area contributed by atoms with Crippen LogP contribution in [-0.2, 0) is 9.53 Å². The molecule has 27 heavy (non-hydrogen) atoms. The van der Waals surface area contributed by atoms with E-state index in [0.29, 0.717) is 29.9 Å². The summed E-state index contributed by atoms with van der Waals surface area (Å²) in [7, 11) is 0. The van der Waals surface area contributed by atoms with Gasteiger partial charge in [-0.3, -0.25) is 9.36 Å². The molecule has 1 amide bonds. The number of esters is 1. The smallest absolute Gasteiger partial charge is 0.357 e. The van der Waals surface area contributed by atoms with E-state index in [1.165, 1.54) is 30.1 Å². The quantitative estimate of drug-likeness (QED) is 0.579. The molecule has 8 heteroatoms. The molecular formula is C19H22FN3O3S. The Balaban J connectivity index is 1.72. The Bertz CT molecular complexity index is 822. The number of ether oxygens (including phenoxy) is 1. The fourth-order valence-corrected chi connectivity index (χ4v) is 3.72. The second-order valence-electron chi connectivity index (χ2n) is 6.61. The Labute approximate surface area is 161 Å². The van der Waals surface area contributed by atoms with E-state index in [9.17, 15) is 14.0 Å². The first kappa shape index (κ1) is 19.4. The zero-order valence-electron chi connectivity index (χ0n) is 15.4. The number of amides is 1. The molecule has 1 fully saturated rings. The fourth-order valence-electron chi connectivity index (χ4n) is 3.17. The van der Waals surface area contributed by atoms with Crippen LogP contribution in [0.15, 0.2) is 35.6 Å². The highest BCUT2D eigenvalue weighted by Gasteiger charge is 2.24. The van der Waals surface area contributed by atoms with E-state index in [1.807, 2.05) is 6.26 Å². The average Bonchev–Trinajstić information content (AvgIpc) is 3.10. The molecule has 1 saturated heterocycles. The molecule has 1 unspecified atom stereocenters. The van der Waals surface area contributed by atoms with Crippen molar-refractivity contribution >= 4 is 23.6 Å². The second kappa shape index (κ2) is 8.56. The number of hydrogen-bond donors (Lipinski definition) is 0. The lowest BCUT2D eigenvalue weighted by molar-refractivity contribution is -0.136. The molecule has 1 aromatic carbocycles. The number of halogens is 1. The number of piperidine rings is 1. The summed E-state index contributed by atoms with van der Waals surface area (Å²) in [6.07, 6.45) is 5.32. The summed E-state index contributed by atoms with van der Waals surface area (Å²) in [5, 5.41) is 0.574. The zero-order valence-corrected chi connectivity index (χ0v) is 16.2. The van der Waals surface area contributed by atoms with Crippen LogP contribution in [0.1, 0.15) is 30.3 Å². The van der Waals surface area contributed by atoms with Gasteiger partial charge >= 0.3 is 5.97 Å². The van der Waals surface area contributed by atoms with Crippen molar-refractivity contribution in [3.8, 4) is 5.69 Å². The van der Waals surface area contributed by atoms with Crippen molar-refractivity contribution < 1.29 is 18.7 Å². The molecule has 1 atom stereocenters. The summed E-state index contributed by atoms with van der Waals surface area (Å²) in [5.74, 6) is -0.726. The predicted octanol–water partition coefficient (Wildman–Crippen LogP) is 3.15. The highest BCUT2D eigenvalue weighted by molar-refractivity contribution is 7.98. The number of aromatic nitrogens is 2. The van der Waals surface area contributed by atoms with Crippen molar-refractivity contribution in [2.45, 2.75) is 24.9 Å². The minimum Gasteiger partial charge on any atom is -0.451 e. The number of carbonyl (C=O) groups excluding carboxylic acids is 2. The van der Waals surface area contributed by atoms with E-state index in [2.05, 4.69) is 11.9 Å². The number of thioether (sulfide) groups is 1. The lowest BCUT2D eigenvalue weighted by Crippen LogP contribution is -2.41. The van der Waals surface area contributed by atoms with Gasteiger partial charge in [-0.25, -0.2) is 14.2 Å². The van der Waals surface area contributed by atoms with Gasteiger partial charge in [0.15, 0.2) is 17.5 Å². The Kier molecular flexibility index (Phi) is 6.15. The third-order valence-electron chi connectivity index (χ3n) is 4.54. The molecule has 2 heterocycles. The minimum atomic E-state index is -0.634. The van der Waals surface area contributed by atoms with Crippen molar-refractivity contribution in [3.63, 3.8) is 0 Å². The largest absolute Gasteiger partial charge is 0.451 e. The van der Waals surface area contributed by atoms with Gasteiger partial charge in [-0.2, -0.15) is 0 Å². The summed E-state index contributed by atoms with van der Waals surface area (Å²) in [5.41, 5.74) is 0.798. The van der Waals surface area contributed by atoms with Crippen LogP contribution in [0, 0.1) is 11.7 Å². The van der Waals surface area contributed by atoms with E-state index in [-0.39, 0.29) is 24.0 Å². The monoisotopic (exact) mass is 391 g/mol. The van der Waals surface area contributed by atoms with E-state index >= 15 is 0 Å². The first-order valence-corrected chi connectivity index (χ1v) is 10.0. The highest BCUT2D eigenvalue weighted by Crippen LogP contribution is 2.23. The van der Waals surface area contributed by atoms with E-state index in [4.69, 9.17) is 4.74 Å². The van der Waals surface area contributed by atoms with Crippen molar-refractivity contribution in [2.24, 2.45) is 5.92 Å². The van der Waals surface area contributed by atoms with Crippen molar-refractivity contribution in [1.82, 2.24) is 14.5 Å². The SMILES string of the molecule is CSc1ncc(C(=O)OCC(=O)N2CCCC(C)C2)n1-c1ccc(F)cc1. The molecule has 0 saturated carbocycles. The Morgan fingerprint density at radius 1 is 1.33 bits per heavy atom. The summed E-state index contributed by atoms with van der Waals surface area (Å²) in [6.45, 7) is 3.21. The molecule has 2 aromatic rings. The topological polar surface area (TPSA) is 64.4 Å². The third-order valence-corrected chi connectivity index (χ3v) is 5.20. The molecular weight excluding hydrogens is 369 g/mol. The Morgan fingerprint density at radius 2 is 2.07 bits per heavy atom. The average molecular weight is 391 g/mol. The van der Waals surface area contributed by atoms with Gasteiger partial charge in [0.25, 0.3) is 5.91 Å². The molecule has 1 aliphatic rings. The lowest BCUT2D eigenvalue weighted by Gasteiger charge is -2.30. The maximum Gasteiger partial charge on any atom is 0.357 e. The van der Waals surface area contributed by atoms with Crippen LogP contribution in [-0.4, -0.2) is 52.3 Å². The maximum absolute atomic E-state index is 13.2. The number of benzene rings is 1.